The highest BCUT2D eigenvalue weighted by atomic mass is 32.0. The Labute approximate surface area is 242 Å². The molecule has 1 aromatic rings. The average molecular weight is 581 g/mol. The molecule has 0 aromatic heterocycles. The topological polar surface area (TPSA) is 75.3 Å². The summed E-state index contributed by atoms with van der Waals surface area (Å²) in [5, 5.41) is 13.6. The van der Waals surface area contributed by atoms with Gasteiger partial charge in [-0.2, -0.15) is 0 Å². The third-order valence-electron chi connectivity index (χ3n) is 7.08. The lowest BCUT2D eigenvalue weighted by Crippen LogP contribution is -2.33. The maximum Gasteiger partial charge on any atom is 0.310 e. The largest absolute Gasteiger partial charge is 0.481 e. The first-order valence-electron chi connectivity index (χ1n) is 14.3. The SMILES string of the molecule is C=C(C/C=C\C(=C/N)P(P)NC(C)(C)CC)CCC.CC1CCCC1.Cc1cc(C)c(C(C)C(=O)O)cc1F. The summed E-state index contributed by atoms with van der Waals surface area (Å²) in [4.78, 5) is 10.7. The Hall–Kier alpha value is -1.54. The van der Waals surface area contributed by atoms with Gasteiger partial charge in [-0.1, -0.05) is 92.2 Å². The Bertz CT molecular complexity index is 954. The van der Waals surface area contributed by atoms with Crippen LogP contribution in [0.2, 0.25) is 0 Å². The molecule has 0 spiro atoms. The Morgan fingerprint density at radius 1 is 1.28 bits per heavy atom. The van der Waals surface area contributed by atoms with E-state index in [9.17, 15) is 9.18 Å². The van der Waals surface area contributed by atoms with Gasteiger partial charge in [0.15, 0.2) is 0 Å². The van der Waals surface area contributed by atoms with E-state index in [2.05, 4.69) is 67.4 Å². The highest BCUT2D eigenvalue weighted by Crippen LogP contribution is 2.50. The number of carbonyl (C=O) groups is 1. The van der Waals surface area contributed by atoms with Crippen LogP contribution in [0.5, 0.6) is 0 Å². The lowest BCUT2D eigenvalue weighted by Gasteiger charge is -2.29. The van der Waals surface area contributed by atoms with Crippen molar-refractivity contribution in [1.82, 2.24) is 5.09 Å². The Morgan fingerprint density at radius 3 is 2.31 bits per heavy atom. The Balaban J connectivity index is 0.000000624. The van der Waals surface area contributed by atoms with Gasteiger partial charge in [-0.15, -0.1) is 0 Å². The molecule has 4 nitrogen and oxygen atoms in total. The molecule has 39 heavy (non-hydrogen) atoms. The summed E-state index contributed by atoms with van der Waals surface area (Å²) in [5.74, 6) is -0.898. The van der Waals surface area contributed by atoms with Gasteiger partial charge in [-0.3, -0.25) is 9.88 Å². The highest BCUT2D eigenvalue weighted by molar-refractivity contribution is 8.14. The highest BCUT2D eigenvalue weighted by Gasteiger charge is 2.19. The normalized spacial score (nSPS) is 15.7. The Kier molecular flexibility index (Phi) is 18.8. The minimum atomic E-state index is -0.934. The fourth-order valence-corrected chi connectivity index (χ4v) is 6.99. The van der Waals surface area contributed by atoms with Crippen molar-refractivity contribution in [3.8, 4) is 0 Å². The summed E-state index contributed by atoms with van der Waals surface area (Å²) in [6.45, 7) is 20.2. The number of rotatable bonds is 11. The van der Waals surface area contributed by atoms with Gasteiger partial charge in [-0.25, -0.2) is 4.39 Å². The van der Waals surface area contributed by atoms with Crippen LogP contribution < -0.4 is 10.8 Å². The van der Waals surface area contributed by atoms with E-state index in [1.54, 1.807) is 33.0 Å². The molecule has 2 rings (SSSR count). The molecule has 4 N–H and O–H groups in total. The van der Waals surface area contributed by atoms with E-state index < -0.39 is 19.6 Å². The van der Waals surface area contributed by atoms with E-state index in [1.807, 2.05) is 0 Å². The van der Waals surface area contributed by atoms with Gasteiger partial charge < -0.3 is 10.8 Å². The van der Waals surface area contributed by atoms with Gasteiger partial charge in [-0.05, 0) is 82.6 Å². The zero-order valence-electron chi connectivity index (χ0n) is 25.7. The fraction of sp³-hybridized carbons (Fsp3) is 0.594. The summed E-state index contributed by atoms with van der Waals surface area (Å²) in [6.07, 6.45) is 16.2. The molecule has 1 fully saturated rings. The summed E-state index contributed by atoms with van der Waals surface area (Å²) in [6, 6.07) is 2.98. The number of benzene rings is 1. The molecule has 1 aliphatic carbocycles. The first-order chi connectivity index (χ1) is 18.2. The molecule has 3 atom stereocenters. The molecule has 1 saturated carbocycles. The number of aryl methyl sites for hydroxylation is 2. The number of hydrogen-bond acceptors (Lipinski definition) is 3. The van der Waals surface area contributed by atoms with E-state index >= 15 is 0 Å². The van der Waals surface area contributed by atoms with Crippen LogP contribution in [0.1, 0.15) is 116 Å². The van der Waals surface area contributed by atoms with E-state index in [0.717, 1.165) is 42.5 Å². The summed E-state index contributed by atoms with van der Waals surface area (Å²) >= 11 is 0. The minimum absolute atomic E-state index is 0.140. The molecule has 1 aliphatic rings. The first kappa shape index (κ1) is 37.5. The third kappa shape index (κ3) is 15.7. The van der Waals surface area contributed by atoms with Crippen molar-refractivity contribution in [2.45, 2.75) is 118 Å². The van der Waals surface area contributed by atoms with Crippen molar-refractivity contribution in [1.29, 1.82) is 0 Å². The fourth-order valence-electron chi connectivity index (χ4n) is 4.06. The van der Waals surface area contributed by atoms with Gasteiger partial charge in [0, 0.05) is 24.8 Å². The van der Waals surface area contributed by atoms with Crippen LogP contribution in [0, 0.1) is 25.6 Å². The molecule has 0 heterocycles. The number of carboxylic acids is 1. The number of hydrogen-bond donors (Lipinski definition) is 3. The number of nitrogens with two attached hydrogens (primary N) is 1. The van der Waals surface area contributed by atoms with Crippen LogP contribution in [-0.4, -0.2) is 16.6 Å². The smallest absolute Gasteiger partial charge is 0.310 e. The lowest BCUT2D eigenvalue weighted by molar-refractivity contribution is -0.138. The number of allylic oxidation sites excluding steroid dienone is 4. The van der Waals surface area contributed by atoms with Gasteiger partial charge in [0.2, 0.25) is 0 Å². The molecular weight excluding hydrogens is 525 g/mol. The maximum atomic E-state index is 13.2. The van der Waals surface area contributed by atoms with Crippen molar-refractivity contribution < 1.29 is 14.3 Å². The van der Waals surface area contributed by atoms with Crippen molar-refractivity contribution in [3.05, 3.63) is 70.5 Å². The standard InChI is InChI=1S/C15H30N2P2.C11H13FO2.C6H12/c1-6-9-13(3)10-8-11-14(12-16)19(18)17-15(4,5)7-2;1-6-4-7(2)10(12)5-9(6)8(3)11(13)14;1-6-4-2-3-5-6/h8,11-12,17H,3,6-7,9-10,16,18H2,1-2,4-5H3;4-5,8H,1-3H3,(H,13,14);6H,2-5H2,1H3/b11-8-,14-12+;;. The summed E-state index contributed by atoms with van der Waals surface area (Å²) in [5.41, 5.74) is 9.07. The second-order valence-electron chi connectivity index (χ2n) is 11.3. The molecule has 222 valence electrons. The number of nitrogens with one attached hydrogen (secondary N) is 1. The summed E-state index contributed by atoms with van der Waals surface area (Å²) < 4.78 is 13.2. The van der Waals surface area contributed by atoms with Gasteiger partial charge in [0.1, 0.15) is 5.82 Å². The van der Waals surface area contributed by atoms with E-state index in [4.69, 9.17) is 10.8 Å². The quantitative estimate of drug-likeness (QED) is 0.138. The van der Waals surface area contributed by atoms with Crippen LogP contribution in [-0.2, 0) is 4.79 Å². The van der Waals surface area contributed by atoms with Gasteiger partial charge in [0.05, 0.1) is 5.92 Å². The average Bonchev–Trinajstić information content (AvgIpc) is 3.35. The van der Waals surface area contributed by atoms with Gasteiger partial charge >= 0.3 is 5.97 Å². The molecular formula is C32H55FN2O2P2. The number of carboxylic acid groups (broad SMARTS) is 1. The van der Waals surface area contributed by atoms with Crippen molar-refractivity contribution >= 4 is 22.7 Å². The van der Waals surface area contributed by atoms with Crippen molar-refractivity contribution in [2.24, 2.45) is 11.7 Å². The van der Waals surface area contributed by atoms with Crippen LogP contribution in [0.4, 0.5) is 4.39 Å². The predicted octanol–water partition coefficient (Wildman–Crippen LogP) is 9.88. The first-order valence-corrected chi connectivity index (χ1v) is 17.2. The molecule has 0 radical (unpaired) electrons. The van der Waals surface area contributed by atoms with E-state index in [1.165, 1.54) is 37.3 Å². The molecule has 0 aliphatic heterocycles. The van der Waals surface area contributed by atoms with Crippen molar-refractivity contribution in [3.63, 3.8) is 0 Å². The van der Waals surface area contributed by atoms with E-state index in [-0.39, 0.29) is 11.4 Å². The minimum Gasteiger partial charge on any atom is -0.481 e. The van der Waals surface area contributed by atoms with Crippen LogP contribution >= 0.6 is 16.7 Å². The predicted molar refractivity (Wildman–Crippen MR) is 174 cm³/mol. The number of halogens is 1. The molecule has 7 heteroatoms. The molecule has 0 bridgehead atoms. The van der Waals surface area contributed by atoms with Crippen LogP contribution in [0.25, 0.3) is 0 Å². The molecule has 0 amide bonds. The van der Waals surface area contributed by atoms with Gasteiger partial charge in [0.25, 0.3) is 0 Å². The zero-order valence-corrected chi connectivity index (χ0v) is 27.8. The third-order valence-corrected chi connectivity index (χ3v) is 10.1. The monoisotopic (exact) mass is 580 g/mol. The molecule has 3 unspecified atom stereocenters. The van der Waals surface area contributed by atoms with Crippen LogP contribution in [0.15, 0.2) is 48.0 Å². The van der Waals surface area contributed by atoms with Crippen LogP contribution in [0.3, 0.4) is 0 Å². The Morgan fingerprint density at radius 2 is 1.87 bits per heavy atom. The lowest BCUT2D eigenvalue weighted by atomic mass is 9.95. The van der Waals surface area contributed by atoms with Crippen molar-refractivity contribution in [2.75, 3.05) is 0 Å². The van der Waals surface area contributed by atoms with E-state index in [0.29, 0.717) is 11.1 Å². The number of aliphatic carboxylic acids is 1. The second-order valence-corrected chi connectivity index (χ2v) is 14.4. The maximum absolute atomic E-state index is 13.2. The summed E-state index contributed by atoms with van der Waals surface area (Å²) in [7, 11) is 2.39. The molecule has 1 aromatic carbocycles. The molecule has 0 saturated heterocycles. The zero-order chi connectivity index (χ0) is 30.2. The second kappa shape index (κ2) is 19.5.